The van der Waals surface area contributed by atoms with Crippen LogP contribution < -0.4 is 4.90 Å². The molecule has 3 heteroatoms. The number of rotatable bonds is 5. The average Bonchev–Trinajstić information content (AvgIpc) is 2.31. The fourth-order valence-corrected chi connectivity index (χ4v) is 2.67. The monoisotopic (exact) mass is 265 g/mol. The number of hydrogen-bond acceptors (Lipinski definition) is 2. The van der Waals surface area contributed by atoms with Gasteiger partial charge in [-0.15, -0.1) is 0 Å². The Labute approximate surface area is 115 Å². The summed E-state index contributed by atoms with van der Waals surface area (Å²) in [6.07, 6.45) is 3.27. The van der Waals surface area contributed by atoms with E-state index in [-0.39, 0.29) is 5.82 Å². The predicted octanol–water partition coefficient (Wildman–Crippen LogP) is 3.81. The van der Waals surface area contributed by atoms with E-state index in [9.17, 15) is 9.50 Å². The summed E-state index contributed by atoms with van der Waals surface area (Å²) in [5.41, 5.74) is 2.33. The van der Waals surface area contributed by atoms with Crippen molar-refractivity contribution in [2.45, 2.75) is 46.1 Å². The lowest BCUT2D eigenvalue weighted by Crippen LogP contribution is -2.33. The molecule has 0 aliphatic heterocycles. The molecule has 19 heavy (non-hydrogen) atoms. The highest BCUT2D eigenvalue weighted by Gasteiger charge is 2.23. The minimum Gasteiger partial charge on any atom is -0.389 e. The second-order valence-corrected chi connectivity index (χ2v) is 5.67. The Bertz CT molecular complexity index is 441. The number of aryl methyl sites for hydroxylation is 1. The maximum atomic E-state index is 13.7. The van der Waals surface area contributed by atoms with Crippen LogP contribution in [0.25, 0.3) is 0 Å². The fraction of sp³-hybridized carbons (Fsp3) is 0.625. The van der Waals surface area contributed by atoms with Crippen LogP contribution in [0.2, 0.25) is 0 Å². The zero-order valence-electron chi connectivity index (χ0n) is 12.1. The Kier molecular flexibility index (Phi) is 4.46. The average molecular weight is 265 g/mol. The molecule has 1 aromatic rings. The molecule has 0 spiro atoms. The van der Waals surface area contributed by atoms with Crippen LogP contribution in [0.1, 0.15) is 50.3 Å². The quantitative estimate of drug-likeness (QED) is 0.875. The van der Waals surface area contributed by atoms with Gasteiger partial charge < -0.3 is 10.0 Å². The summed E-state index contributed by atoms with van der Waals surface area (Å²) in [5, 5.41) is 9.88. The number of nitrogens with zero attached hydrogens (tertiary/aromatic N) is 1. The Hall–Kier alpha value is -1.09. The van der Waals surface area contributed by atoms with Crippen LogP contribution in [0.4, 0.5) is 10.1 Å². The van der Waals surface area contributed by atoms with Gasteiger partial charge in [-0.05, 0) is 57.2 Å². The number of halogens is 1. The molecule has 0 unspecified atom stereocenters. The molecule has 1 N–H and O–H groups in total. The summed E-state index contributed by atoms with van der Waals surface area (Å²) in [6, 6.07) is 3.36. The van der Waals surface area contributed by atoms with E-state index in [1.807, 2.05) is 6.07 Å². The lowest BCUT2D eigenvalue weighted by atomic mass is 9.85. The SMILES string of the molecule is CCN(CC1CCC1)c1cc(C)c(F)cc1[C@H](C)O. The van der Waals surface area contributed by atoms with Gasteiger partial charge in [0.25, 0.3) is 0 Å². The normalized spacial score (nSPS) is 17.1. The molecule has 1 saturated carbocycles. The summed E-state index contributed by atoms with van der Waals surface area (Å²) >= 11 is 0. The summed E-state index contributed by atoms with van der Waals surface area (Å²) in [7, 11) is 0. The predicted molar refractivity (Wildman–Crippen MR) is 77.0 cm³/mol. The molecule has 0 amide bonds. The fourth-order valence-electron chi connectivity index (χ4n) is 2.67. The summed E-state index contributed by atoms with van der Waals surface area (Å²) in [6.45, 7) is 7.50. The van der Waals surface area contributed by atoms with E-state index in [0.717, 1.165) is 24.7 Å². The number of anilines is 1. The van der Waals surface area contributed by atoms with Gasteiger partial charge in [0.05, 0.1) is 6.10 Å². The molecular weight excluding hydrogens is 241 g/mol. The van der Waals surface area contributed by atoms with Crippen LogP contribution in [-0.2, 0) is 0 Å². The molecule has 0 saturated heterocycles. The van der Waals surface area contributed by atoms with Crippen molar-refractivity contribution in [1.82, 2.24) is 0 Å². The molecule has 0 heterocycles. The van der Waals surface area contributed by atoms with Gasteiger partial charge in [-0.2, -0.15) is 0 Å². The third-order valence-corrected chi connectivity index (χ3v) is 4.18. The van der Waals surface area contributed by atoms with E-state index in [2.05, 4.69) is 11.8 Å². The molecule has 1 aliphatic rings. The van der Waals surface area contributed by atoms with Crippen LogP contribution in [-0.4, -0.2) is 18.2 Å². The second kappa shape index (κ2) is 5.91. The standard InChI is InChI=1S/C16H24FNO/c1-4-18(10-13-6-5-7-13)16-8-11(2)15(17)9-14(16)12(3)19/h8-9,12-13,19H,4-7,10H2,1-3H3/t12-/m0/s1. The first kappa shape index (κ1) is 14.3. The molecule has 0 bridgehead atoms. The van der Waals surface area contributed by atoms with Gasteiger partial charge in [0.2, 0.25) is 0 Å². The summed E-state index contributed by atoms with van der Waals surface area (Å²) in [5.74, 6) is 0.520. The molecule has 1 aliphatic carbocycles. The smallest absolute Gasteiger partial charge is 0.126 e. The van der Waals surface area contributed by atoms with Crippen LogP contribution in [0.5, 0.6) is 0 Å². The maximum Gasteiger partial charge on any atom is 0.126 e. The van der Waals surface area contributed by atoms with Crippen molar-refractivity contribution in [3.8, 4) is 0 Å². The topological polar surface area (TPSA) is 23.5 Å². The first-order valence-electron chi connectivity index (χ1n) is 7.26. The van der Waals surface area contributed by atoms with Gasteiger partial charge in [0.15, 0.2) is 0 Å². The molecule has 1 atom stereocenters. The van der Waals surface area contributed by atoms with Gasteiger partial charge in [0, 0.05) is 24.3 Å². The molecule has 0 aromatic heterocycles. The van der Waals surface area contributed by atoms with Gasteiger partial charge in [0.1, 0.15) is 5.82 Å². The van der Waals surface area contributed by atoms with Crippen LogP contribution in [0, 0.1) is 18.7 Å². The van der Waals surface area contributed by atoms with Crippen molar-refractivity contribution in [2.75, 3.05) is 18.0 Å². The van der Waals surface area contributed by atoms with Crippen LogP contribution in [0.3, 0.4) is 0 Å². The zero-order valence-corrected chi connectivity index (χ0v) is 12.1. The van der Waals surface area contributed by atoms with Crippen molar-refractivity contribution in [1.29, 1.82) is 0 Å². The van der Waals surface area contributed by atoms with Crippen molar-refractivity contribution < 1.29 is 9.50 Å². The molecule has 1 aromatic carbocycles. The van der Waals surface area contributed by atoms with Gasteiger partial charge in [-0.3, -0.25) is 0 Å². The Balaban J connectivity index is 2.31. The van der Waals surface area contributed by atoms with Crippen molar-refractivity contribution in [3.63, 3.8) is 0 Å². The lowest BCUT2D eigenvalue weighted by Gasteiger charge is -2.34. The Morgan fingerprint density at radius 1 is 1.42 bits per heavy atom. The zero-order chi connectivity index (χ0) is 14.0. The number of aliphatic hydroxyl groups is 1. The van der Waals surface area contributed by atoms with Gasteiger partial charge >= 0.3 is 0 Å². The highest BCUT2D eigenvalue weighted by atomic mass is 19.1. The van der Waals surface area contributed by atoms with Crippen molar-refractivity contribution in [2.24, 2.45) is 5.92 Å². The number of aliphatic hydroxyl groups excluding tert-OH is 1. The van der Waals surface area contributed by atoms with E-state index in [1.165, 1.54) is 25.3 Å². The molecular formula is C16H24FNO. The second-order valence-electron chi connectivity index (χ2n) is 5.67. The van der Waals surface area contributed by atoms with Crippen molar-refractivity contribution >= 4 is 5.69 Å². The van der Waals surface area contributed by atoms with Gasteiger partial charge in [-0.25, -0.2) is 4.39 Å². The van der Waals surface area contributed by atoms with E-state index in [1.54, 1.807) is 13.8 Å². The molecule has 0 radical (unpaired) electrons. The minimum absolute atomic E-state index is 0.237. The molecule has 106 valence electrons. The van der Waals surface area contributed by atoms with Crippen LogP contribution >= 0.6 is 0 Å². The molecule has 2 rings (SSSR count). The van der Waals surface area contributed by atoms with E-state index < -0.39 is 6.10 Å². The number of benzene rings is 1. The van der Waals surface area contributed by atoms with Gasteiger partial charge in [-0.1, -0.05) is 6.42 Å². The number of hydrogen-bond donors (Lipinski definition) is 1. The van der Waals surface area contributed by atoms with Crippen molar-refractivity contribution in [3.05, 3.63) is 29.1 Å². The van der Waals surface area contributed by atoms with E-state index >= 15 is 0 Å². The summed E-state index contributed by atoms with van der Waals surface area (Å²) in [4.78, 5) is 2.28. The third kappa shape index (κ3) is 3.08. The molecule has 1 fully saturated rings. The van der Waals surface area contributed by atoms with E-state index in [4.69, 9.17) is 0 Å². The highest BCUT2D eigenvalue weighted by Crippen LogP contribution is 2.33. The Morgan fingerprint density at radius 3 is 2.58 bits per heavy atom. The lowest BCUT2D eigenvalue weighted by molar-refractivity contribution is 0.199. The maximum absolute atomic E-state index is 13.7. The van der Waals surface area contributed by atoms with Crippen LogP contribution in [0.15, 0.2) is 12.1 Å². The minimum atomic E-state index is -0.638. The first-order chi connectivity index (χ1) is 9.02. The first-order valence-corrected chi connectivity index (χ1v) is 7.26. The third-order valence-electron chi connectivity index (χ3n) is 4.18. The highest BCUT2D eigenvalue weighted by molar-refractivity contribution is 5.56. The summed E-state index contributed by atoms with van der Waals surface area (Å²) < 4.78 is 13.7. The Morgan fingerprint density at radius 2 is 2.11 bits per heavy atom. The largest absolute Gasteiger partial charge is 0.389 e. The van der Waals surface area contributed by atoms with E-state index in [0.29, 0.717) is 11.1 Å². The molecule has 2 nitrogen and oxygen atoms in total.